The van der Waals surface area contributed by atoms with Crippen molar-refractivity contribution in [2.75, 3.05) is 40.5 Å². The maximum absolute atomic E-state index is 12.1. The fourth-order valence-corrected chi connectivity index (χ4v) is 1.50. The normalized spacial score (nSPS) is 9.89. The molecule has 6 heteroatoms. The van der Waals surface area contributed by atoms with Crippen LogP contribution >= 0.6 is 0 Å². The Balaban J connectivity index is 2.82. The molecule has 0 aromatic heterocycles. The molecule has 0 aliphatic heterocycles. The van der Waals surface area contributed by atoms with Gasteiger partial charge in [0.2, 0.25) is 5.91 Å². The van der Waals surface area contributed by atoms with Crippen LogP contribution in [0.3, 0.4) is 0 Å². The van der Waals surface area contributed by atoms with Crippen LogP contribution < -0.4 is 10.5 Å². The molecule has 0 saturated heterocycles. The Hall–Kier alpha value is -2.24. The third kappa shape index (κ3) is 3.61. The van der Waals surface area contributed by atoms with Crippen LogP contribution in [-0.4, -0.2) is 56.4 Å². The Kier molecular flexibility index (Phi) is 4.74. The molecule has 2 amide bonds. The molecule has 0 aliphatic carbocycles. The number of nitrogens with two attached hydrogens (primary N) is 1. The molecule has 1 aromatic carbocycles. The van der Waals surface area contributed by atoms with Crippen molar-refractivity contribution >= 4 is 17.5 Å². The predicted octanol–water partition coefficient (Wildman–Crippen LogP) is 0.438. The number of rotatable bonds is 4. The highest BCUT2D eigenvalue weighted by molar-refractivity contribution is 5.97. The number of carbonyl (C=O) groups is 2. The number of likely N-dealkylation sites (N-methyl/N-ethyl adjacent to an activating group) is 2. The van der Waals surface area contributed by atoms with E-state index in [1.165, 1.54) is 23.0 Å². The molecule has 104 valence electrons. The van der Waals surface area contributed by atoms with Crippen molar-refractivity contribution in [3.05, 3.63) is 23.8 Å². The van der Waals surface area contributed by atoms with Gasteiger partial charge in [0.15, 0.2) is 0 Å². The molecule has 0 bridgehead atoms. The SMILES string of the molecule is COc1ccc(C(=O)N(C)CC(=O)N(C)C)cc1N. The van der Waals surface area contributed by atoms with Gasteiger partial charge in [-0.1, -0.05) is 0 Å². The predicted molar refractivity (Wildman–Crippen MR) is 73.1 cm³/mol. The molecule has 2 N–H and O–H groups in total. The van der Waals surface area contributed by atoms with E-state index in [0.717, 1.165) is 0 Å². The molecular weight excluding hydrogens is 246 g/mol. The molecule has 0 aliphatic rings. The summed E-state index contributed by atoms with van der Waals surface area (Å²) in [5, 5.41) is 0. The summed E-state index contributed by atoms with van der Waals surface area (Å²) < 4.78 is 5.03. The van der Waals surface area contributed by atoms with Gasteiger partial charge < -0.3 is 20.3 Å². The summed E-state index contributed by atoms with van der Waals surface area (Å²) in [6, 6.07) is 4.79. The number of methoxy groups -OCH3 is 1. The molecule has 1 rings (SSSR count). The molecule has 0 unspecified atom stereocenters. The number of anilines is 1. The first-order valence-electron chi connectivity index (χ1n) is 5.76. The Bertz CT molecular complexity index is 486. The van der Waals surface area contributed by atoms with Crippen LogP contribution in [0.25, 0.3) is 0 Å². The zero-order chi connectivity index (χ0) is 14.6. The highest BCUT2D eigenvalue weighted by Gasteiger charge is 2.16. The summed E-state index contributed by atoms with van der Waals surface area (Å²) in [5.41, 5.74) is 6.56. The van der Waals surface area contributed by atoms with Crippen LogP contribution in [0.15, 0.2) is 18.2 Å². The zero-order valence-corrected chi connectivity index (χ0v) is 11.6. The van der Waals surface area contributed by atoms with Crippen molar-refractivity contribution in [3.8, 4) is 5.75 Å². The highest BCUT2D eigenvalue weighted by Crippen LogP contribution is 2.22. The van der Waals surface area contributed by atoms with Gasteiger partial charge in [0.25, 0.3) is 5.91 Å². The summed E-state index contributed by atoms with van der Waals surface area (Å²) >= 11 is 0. The third-order valence-corrected chi connectivity index (χ3v) is 2.69. The average molecular weight is 265 g/mol. The minimum Gasteiger partial charge on any atom is -0.495 e. The van der Waals surface area contributed by atoms with Gasteiger partial charge in [-0.25, -0.2) is 0 Å². The number of nitrogen functional groups attached to an aromatic ring is 1. The summed E-state index contributed by atoms with van der Waals surface area (Å²) in [4.78, 5) is 26.4. The fourth-order valence-electron chi connectivity index (χ4n) is 1.50. The second-order valence-electron chi connectivity index (χ2n) is 4.41. The van der Waals surface area contributed by atoms with Gasteiger partial charge in [0.05, 0.1) is 19.3 Å². The number of benzene rings is 1. The molecular formula is C13H19N3O3. The van der Waals surface area contributed by atoms with E-state index < -0.39 is 0 Å². The number of ether oxygens (including phenoxy) is 1. The van der Waals surface area contributed by atoms with Crippen LogP contribution in [0.2, 0.25) is 0 Å². The van der Waals surface area contributed by atoms with Crippen LogP contribution in [0.5, 0.6) is 5.75 Å². The molecule has 6 nitrogen and oxygen atoms in total. The number of carbonyl (C=O) groups excluding carboxylic acids is 2. The van der Waals surface area contributed by atoms with Gasteiger partial charge in [-0.05, 0) is 18.2 Å². The van der Waals surface area contributed by atoms with Crippen molar-refractivity contribution in [2.24, 2.45) is 0 Å². The van der Waals surface area contributed by atoms with Crippen LogP contribution in [0.1, 0.15) is 10.4 Å². The quantitative estimate of drug-likeness (QED) is 0.801. The number of hydrogen-bond acceptors (Lipinski definition) is 4. The van der Waals surface area contributed by atoms with E-state index in [9.17, 15) is 9.59 Å². The monoisotopic (exact) mass is 265 g/mol. The van der Waals surface area contributed by atoms with Crippen LogP contribution in [-0.2, 0) is 4.79 Å². The first kappa shape index (κ1) is 14.8. The second-order valence-corrected chi connectivity index (χ2v) is 4.41. The zero-order valence-electron chi connectivity index (χ0n) is 11.6. The molecule has 1 aromatic rings. The van der Waals surface area contributed by atoms with E-state index in [1.807, 2.05) is 0 Å². The largest absolute Gasteiger partial charge is 0.495 e. The maximum atomic E-state index is 12.1. The fraction of sp³-hybridized carbons (Fsp3) is 0.385. The van der Waals surface area contributed by atoms with Gasteiger partial charge in [-0.3, -0.25) is 9.59 Å². The standard InChI is InChI=1S/C13H19N3O3/c1-15(2)12(17)8-16(3)13(18)9-5-6-11(19-4)10(14)7-9/h5-7H,8,14H2,1-4H3. The van der Waals surface area contributed by atoms with Gasteiger partial charge >= 0.3 is 0 Å². The summed E-state index contributed by atoms with van der Waals surface area (Å²) in [6.07, 6.45) is 0. The van der Waals surface area contributed by atoms with E-state index in [1.54, 1.807) is 33.3 Å². The molecule has 0 radical (unpaired) electrons. The van der Waals surface area contributed by atoms with Crippen molar-refractivity contribution < 1.29 is 14.3 Å². The van der Waals surface area contributed by atoms with E-state index >= 15 is 0 Å². The number of nitrogens with zero attached hydrogens (tertiary/aromatic N) is 2. The van der Waals surface area contributed by atoms with Crippen molar-refractivity contribution in [3.63, 3.8) is 0 Å². The second kappa shape index (κ2) is 6.08. The first-order chi connectivity index (χ1) is 8.86. The lowest BCUT2D eigenvalue weighted by Gasteiger charge is -2.19. The molecule has 0 fully saturated rings. The van der Waals surface area contributed by atoms with E-state index in [0.29, 0.717) is 17.0 Å². The highest BCUT2D eigenvalue weighted by atomic mass is 16.5. The molecule has 0 heterocycles. The lowest BCUT2D eigenvalue weighted by Crippen LogP contribution is -2.37. The minimum absolute atomic E-state index is 0.0256. The van der Waals surface area contributed by atoms with Crippen LogP contribution in [0.4, 0.5) is 5.69 Å². The Morgan fingerprint density at radius 1 is 1.26 bits per heavy atom. The minimum atomic E-state index is -0.260. The molecule has 0 spiro atoms. The smallest absolute Gasteiger partial charge is 0.254 e. The first-order valence-corrected chi connectivity index (χ1v) is 5.76. The van der Waals surface area contributed by atoms with Crippen LogP contribution in [0, 0.1) is 0 Å². The third-order valence-electron chi connectivity index (χ3n) is 2.69. The molecule has 19 heavy (non-hydrogen) atoms. The van der Waals surface area contributed by atoms with E-state index in [-0.39, 0.29) is 18.4 Å². The Morgan fingerprint density at radius 2 is 1.89 bits per heavy atom. The molecule has 0 atom stereocenters. The summed E-state index contributed by atoms with van der Waals surface area (Å²) in [5.74, 6) is 0.116. The van der Waals surface area contributed by atoms with Gasteiger partial charge in [0, 0.05) is 26.7 Å². The Labute approximate surface area is 112 Å². The van der Waals surface area contributed by atoms with Crippen molar-refractivity contribution in [1.82, 2.24) is 9.80 Å². The lowest BCUT2D eigenvalue weighted by molar-refractivity contribution is -0.129. The van der Waals surface area contributed by atoms with E-state index in [2.05, 4.69) is 0 Å². The van der Waals surface area contributed by atoms with Gasteiger partial charge in [-0.15, -0.1) is 0 Å². The summed E-state index contributed by atoms with van der Waals surface area (Å²) in [6.45, 7) is 0.0256. The Morgan fingerprint density at radius 3 is 2.37 bits per heavy atom. The van der Waals surface area contributed by atoms with Gasteiger partial charge in [-0.2, -0.15) is 0 Å². The number of hydrogen-bond donors (Lipinski definition) is 1. The lowest BCUT2D eigenvalue weighted by atomic mass is 10.1. The van der Waals surface area contributed by atoms with Crippen molar-refractivity contribution in [2.45, 2.75) is 0 Å². The number of amides is 2. The topological polar surface area (TPSA) is 75.9 Å². The van der Waals surface area contributed by atoms with Crippen molar-refractivity contribution in [1.29, 1.82) is 0 Å². The average Bonchev–Trinajstić information content (AvgIpc) is 2.37. The van der Waals surface area contributed by atoms with E-state index in [4.69, 9.17) is 10.5 Å². The van der Waals surface area contributed by atoms with Gasteiger partial charge in [0.1, 0.15) is 5.75 Å². The molecule has 0 saturated carbocycles. The summed E-state index contributed by atoms with van der Waals surface area (Å²) in [7, 11) is 6.37. The maximum Gasteiger partial charge on any atom is 0.254 e.